The average molecular weight is 368 g/mol. The summed E-state index contributed by atoms with van der Waals surface area (Å²) in [5.41, 5.74) is -0.674. The molecule has 0 saturated carbocycles. The highest BCUT2D eigenvalue weighted by Crippen LogP contribution is 2.31. The molecule has 0 aliphatic rings. The van der Waals surface area contributed by atoms with Gasteiger partial charge in [-0.2, -0.15) is 13.2 Å². The summed E-state index contributed by atoms with van der Waals surface area (Å²) in [6.45, 7) is 1.43. The monoisotopic (exact) mass is 367 g/mol. The van der Waals surface area contributed by atoms with E-state index in [0.717, 1.165) is 12.1 Å². The van der Waals surface area contributed by atoms with Crippen LogP contribution < -0.4 is 4.72 Å². The minimum Gasteiger partial charge on any atom is -0.324 e. The first-order chi connectivity index (χ1) is 10.5. The Morgan fingerprint density at radius 3 is 2.52 bits per heavy atom. The van der Waals surface area contributed by atoms with E-state index in [4.69, 9.17) is 11.6 Å². The molecule has 0 saturated heterocycles. The summed E-state index contributed by atoms with van der Waals surface area (Å²) in [5.74, 6) is 0. The van der Waals surface area contributed by atoms with E-state index in [0.29, 0.717) is 0 Å². The molecular formula is C13H13ClF3N3O2S. The summed E-state index contributed by atoms with van der Waals surface area (Å²) >= 11 is 5.84. The number of hydrogen-bond donors (Lipinski definition) is 1. The zero-order valence-electron chi connectivity index (χ0n) is 12.1. The van der Waals surface area contributed by atoms with Gasteiger partial charge in [0.25, 0.3) is 10.0 Å². The van der Waals surface area contributed by atoms with Crippen LogP contribution in [-0.2, 0) is 23.2 Å². The molecule has 1 aromatic heterocycles. The van der Waals surface area contributed by atoms with E-state index in [-0.39, 0.29) is 15.7 Å². The molecule has 1 heterocycles. The molecule has 1 atom stereocenters. The molecule has 0 aliphatic heterocycles. The van der Waals surface area contributed by atoms with Crippen molar-refractivity contribution in [1.29, 1.82) is 0 Å². The van der Waals surface area contributed by atoms with Gasteiger partial charge in [-0.3, -0.25) is 0 Å². The third kappa shape index (κ3) is 3.85. The molecule has 5 nitrogen and oxygen atoms in total. The lowest BCUT2D eigenvalue weighted by Crippen LogP contribution is -2.27. The van der Waals surface area contributed by atoms with Crippen LogP contribution in [-0.4, -0.2) is 18.0 Å². The van der Waals surface area contributed by atoms with E-state index in [1.54, 1.807) is 0 Å². The van der Waals surface area contributed by atoms with Crippen molar-refractivity contribution < 1.29 is 21.6 Å². The Morgan fingerprint density at radius 1 is 1.35 bits per heavy atom. The Bertz CT molecular complexity index is 818. The van der Waals surface area contributed by atoms with Crippen LogP contribution in [0.25, 0.3) is 0 Å². The van der Waals surface area contributed by atoms with Crippen LogP contribution in [0.4, 0.5) is 13.2 Å². The maximum atomic E-state index is 12.7. The first-order valence-electron chi connectivity index (χ1n) is 6.38. The number of aromatic nitrogens is 2. The molecule has 0 fully saturated rings. The Morgan fingerprint density at radius 2 is 2.00 bits per heavy atom. The quantitative estimate of drug-likeness (QED) is 0.903. The second-order valence-corrected chi connectivity index (χ2v) is 6.90. The third-order valence-electron chi connectivity index (χ3n) is 3.13. The molecule has 0 amide bonds. The average Bonchev–Trinajstić information content (AvgIpc) is 2.78. The highest BCUT2D eigenvalue weighted by molar-refractivity contribution is 7.89. The number of sulfonamides is 1. The Labute approximate surface area is 136 Å². The number of halogens is 4. The van der Waals surface area contributed by atoms with E-state index >= 15 is 0 Å². The van der Waals surface area contributed by atoms with Crippen molar-refractivity contribution in [3.8, 4) is 0 Å². The first-order valence-corrected chi connectivity index (χ1v) is 8.25. The number of rotatable bonds is 4. The van der Waals surface area contributed by atoms with Crippen LogP contribution in [0.2, 0.25) is 5.15 Å². The predicted octanol–water partition coefficient (Wildman–Crippen LogP) is 3.13. The fourth-order valence-electron chi connectivity index (χ4n) is 1.92. The van der Waals surface area contributed by atoms with Gasteiger partial charge in [-0.05, 0) is 24.6 Å². The van der Waals surface area contributed by atoms with Crippen LogP contribution >= 0.6 is 11.6 Å². The Kier molecular flexibility index (Phi) is 4.74. The van der Waals surface area contributed by atoms with Gasteiger partial charge in [-0.15, -0.1) is 0 Å². The van der Waals surface area contributed by atoms with Gasteiger partial charge >= 0.3 is 6.18 Å². The number of nitrogens with one attached hydrogen (secondary N) is 1. The number of aryl methyl sites for hydroxylation is 1. The van der Waals surface area contributed by atoms with Crippen LogP contribution in [0.15, 0.2) is 35.6 Å². The van der Waals surface area contributed by atoms with Crippen molar-refractivity contribution in [1.82, 2.24) is 14.3 Å². The summed E-state index contributed by atoms with van der Waals surface area (Å²) in [6.07, 6.45) is -3.27. The fourth-order valence-corrected chi connectivity index (χ4v) is 3.58. The number of alkyl halides is 3. The second-order valence-electron chi connectivity index (χ2n) is 4.92. The number of hydrogen-bond acceptors (Lipinski definition) is 3. The van der Waals surface area contributed by atoms with Gasteiger partial charge in [0.1, 0.15) is 5.15 Å². The van der Waals surface area contributed by atoms with E-state index < -0.39 is 27.8 Å². The molecule has 10 heteroatoms. The maximum absolute atomic E-state index is 12.7. The second kappa shape index (κ2) is 6.14. The standard InChI is InChI=1S/C13H13ClF3N3O2S/c1-8(9-4-3-5-10(6-9)13(15,16)17)19-23(21,22)12-11(14)20(2)7-18-12/h3-8,19H,1-2H3. The SMILES string of the molecule is CC(NS(=O)(=O)c1ncn(C)c1Cl)c1cccc(C(F)(F)F)c1. The summed E-state index contributed by atoms with van der Waals surface area (Å²) in [5, 5.41) is -0.464. The lowest BCUT2D eigenvalue weighted by molar-refractivity contribution is -0.137. The minimum atomic E-state index is -4.50. The molecule has 23 heavy (non-hydrogen) atoms. The number of imidazole rings is 1. The Hall–Kier alpha value is -1.58. The van der Waals surface area contributed by atoms with Gasteiger partial charge in [-0.25, -0.2) is 18.1 Å². The van der Waals surface area contributed by atoms with E-state index in [1.807, 2.05) is 0 Å². The number of benzene rings is 1. The van der Waals surface area contributed by atoms with Crippen LogP contribution in [0, 0.1) is 0 Å². The van der Waals surface area contributed by atoms with E-state index in [9.17, 15) is 21.6 Å². The van der Waals surface area contributed by atoms with Crippen molar-refractivity contribution in [2.45, 2.75) is 24.2 Å². The molecular weight excluding hydrogens is 355 g/mol. The van der Waals surface area contributed by atoms with Crippen molar-refractivity contribution in [2.24, 2.45) is 7.05 Å². The number of nitrogens with zero attached hydrogens (tertiary/aromatic N) is 2. The van der Waals surface area contributed by atoms with Crippen molar-refractivity contribution in [3.05, 3.63) is 46.9 Å². The molecule has 2 aromatic rings. The topological polar surface area (TPSA) is 64.0 Å². The molecule has 1 unspecified atom stereocenters. The zero-order chi connectivity index (χ0) is 17.4. The van der Waals surface area contributed by atoms with Gasteiger partial charge in [-0.1, -0.05) is 23.7 Å². The molecule has 0 bridgehead atoms. The van der Waals surface area contributed by atoms with Crippen molar-refractivity contribution >= 4 is 21.6 Å². The summed E-state index contributed by atoms with van der Waals surface area (Å²) in [7, 11) is -2.54. The highest BCUT2D eigenvalue weighted by atomic mass is 35.5. The molecule has 126 valence electrons. The normalized spacial score (nSPS) is 14.0. The zero-order valence-corrected chi connectivity index (χ0v) is 13.7. The maximum Gasteiger partial charge on any atom is 0.416 e. The van der Waals surface area contributed by atoms with Crippen LogP contribution in [0.5, 0.6) is 0 Å². The molecule has 0 spiro atoms. The van der Waals surface area contributed by atoms with Crippen molar-refractivity contribution in [2.75, 3.05) is 0 Å². The smallest absolute Gasteiger partial charge is 0.324 e. The first kappa shape index (κ1) is 17.8. The highest BCUT2D eigenvalue weighted by Gasteiger charge is 2.31. The molecule has 1 aromatic carbocycles. The van der Waals surface area contributed by atoms with Crippen molar-refractivity contribution in [3.63, 3.8) is 0 Å². The van der Waals surface area contributed by atoms with Crippen LogP contribution in [0.1, 0.15) is 24.1 Å². The summed E-state index contributed by atoms with van der Waals surface area (Å²) in [4.78, 5) is 3.69. The van der Waals surface area contributed by atoms with Gasteiger partial charge in [0.15, 0.2) is 0 Å². The summed E-state index contributed by atoms with van der Waals surface area (Å²) < 4.78 is 66.2. The van der Waals surface area contributed by atoms with Gasteiger partial charge in [0.05, 0.1) is 11.9 Å². The lowest BCUT2D eigenvalue weighted by Gasteiger charge is -2.15. The Balaban J connectivity index is 2.28. The van der Waals surface area contributed by atoms with Crippen LogP contribution in [0.3, 0.4) is 0 Å². The van der Waals surface area contributed by atoms with Gasteiger partial charge < -0.3 is 4.57 Å². The van der Waals surface area contributed by atoms with E-state index in [2.05, 4.69) is 9.71 Å². The van der Waals surface area contributed by atoms with E-state index in [1.165, 1.54) is 37.0 Å². The predicted molar refractivity (Wildman–Crippen MR) is 78.4 cm³/mol. The molecule has 1 N–H and O–H groups in total. The van der Waals surface area contributed by atoms with Gasteiger partial charge in [0.2, 0.25) is 5.03 Å². The fraction of sp³-hybridized carbons (Fsp3) is 0.308. The molecule has 0 aliphatic carbocycles. The summed E-state index contributed by atoms with van der Waals surface area (Å²) in [6, 6.07) is 3.55. The molecule has 2 rings (SSSR count). The largest absolute Gasteiger partial charge is 0.416 e. The lowest BCUT2D eigenvalue weighted by atomic mass is 10.1. The third-order valence-corrected chi connectivity index (χ3v) is 5.16. The minimum absolute atomic E-state index is 0.0891. The van der Waals surface area contributed by atoms with Gasteiger partial charge in [0, 0.05) is 13.1 Å². The molecule has 0 radical (unpaired) electrons.